The van der Waals surface area contributed by atoms with E-state index in [9.17, 15) is 0 Å². The van der Waals surface area contributed by atoms with Crippen LogP contribution in [0.4, 0.5) is 0 Å². The molecule has 6 aromatic carbocycles. The predicted octanol–water partition coefficient (Wildman–Crippen LogP) is 14.7. The van der Waals surface area contributed by atoms with Gasteiger partial charge in [0, 0.05) is 0 Å². The SMILES string of the molecule is CC(C)(C)c1ccc(-c2cccc3[cH-]c(C4CCCC4)cc23)cc1.Cc1cc(-c2ccc(C(C)(C)C)cc2)c2cc(C)[cH-]c2c1.Cl.Cl.[CH3-].[CH3-].[Si]=[Zr]. The summed E-state index contributed by atoms with van der Waals surface area (Å²) >= 11 is 1.36. The van der Waals surface area contributed by atoms with E-state index in [1.54, 1.807) is 5.56 Å². The van der Waals surface area contributed by atoms with Crippen LogP contribution in [0.15, 0.2) is 103 Å². The maximum atomic E-state index is 3.06. The van der Waals surface area contributed by atoms with E-state index in [0.29, 0.717) is 0 Å². The summed E-state index contributed by atoms with van der Waals surface area (Å²) in [6, 6.07) is 39.0. The van der Waals surface area contributed by atoms with Crippen molar-refractivity contribution in [2.45, 2.75) is 97.8 Å². The first-order valence-corrected chi connectivity index (χ1v) is 21.4. The molecule has 0 bridgehead atoms. The first-order chi connectivity index (χ1) is 22.4. The topological polar surface area (TPSA) is 0 Å². The van der Waals surface area contributed by atoms with Crippen LogP contribution in [0.25, 0.3) is 43.8 Å². The summed E-state index contributed by atoms with van der Waals surface area (Å²) in [6.07, 6.45) is 5.53. The van der Waals surface area contributed by atoms with Crippen molar-refractivity contribution in [2.75, 3.05) is 0 Å². The summed E-state index contributed by atoms with van der Waals surface area (Å²) in [5, 5.41) is 5.53. The molecule has 0 aromatic heterocycles. The molecule has 1 aliphatic rings. The molecule has 1 aliphatic carbocycles. The van der Waals surface area contributed by atoms with Gasteiger partial charge in [-0.1, -0.05) is 139 Å². The van der Waals surface area contributed by atoms with E-state index < -0.39 is 0 Å². The van der Waals surface area contributed by atoms with E-state index in [0.717, 1.165) is 5.92 Å². The fourth-order valence-corrected chi connectivity index (χ4v) is 7.16. The van der Waals surface area contributed by atoms with Crippen LogP contribution < -0.4 is 0 Å². The fraction of sp³-hybridized carbons (Fsp3) is 0.319. The molecule has 1 fully saturated rings. The van der Waals surface area contributed by atoms with Crippen molar-refractivity contribution in [1.82, 2.24) is 0 Å². The molecular formula is C47H58Cl2SiZr-4. The standard InChI is InChI=1S/C24H27.C21H23.2CH3.2ClH.Si.Zr/c1-24(2,3)21-13-11-18(12-14-21)22-10-6-9-19-15-20(16-23(19)22)17-7-4-5-8-17;1-14-10-17-11-15(2)13-20(17)19(12-14)16-6-8-18(9-7-16)21(3,4)5;;;;;;/h6,9-17H,4-5,7-8H2,1-3H3;6-13H,1-5H3;2*1H3;2*1H;;/q4*-1;;;;. The van der Waals surface area contributed by atoms with Crippen LogP contribution in [-0.2, 0) is 34.2 Å². The van der Waals surface area contributed by atoms with Crippen LogP contribution in [0.2, 0.25) is 0 Å². The summed E-state index contributed by atoms with van der Waals surface area (Å²) in [7, 11) is 0. The molecule has 0 aliphatic heterocycles. The predicted molar refractivity (Wildman–Crippen MR) is 231 cm³/mol. The molecule has 4 heteroatoms. The number of rotatable bonds is 3. The van der Waals surface area contributed by atoms with Gasteiger partial charge in [0.1, 0.15) is 0 Å². The molecule has 0 heterocycles. The first kappa shape index (κ1) is 46.8. The molecule has 51 heavy (non-hydrogen) atoms. The molecule has 0 unspecified atom stereocenters. The molecule has 0 saturated heterocycles. The second-order valence-corrected chi connectivity index (χ2v) is 15.6. The van der Waals surface area contributed by atoms with E-state index in [1.807, 2.05) is 0 Å². The zero-order valence-corrected chi connectivity index (χ0v) is 37.6. The Morgan fingerprint density at radius 1 is 0.588 bits per heavy atom. The number of benzene rings is 4. The van der Waals surface area contributed by atoms with Gasteiger partial charge in [0.15, 0.2) is 0 Å². The Bertz CT molecular complexity index is 1940. The quantitative estimate of drug-likeness (QED) is 0.123. The van der Waals surface area contributed by atoms with Gasteiger partial charge >= 0.3 is 30.2 Å². The van der Waals surface area contributed by atoms with Crippen LogP contribution in [0, 0.1) is 28.7 Å². The van der Waals surface area contributed by atoms with Gasteiger partial charge in [-0.05, 0) is 58.8 Å². The molecule has 1 saturated carbocycles. The third kappa shape index (κ3) is 11.1. The van der Waals surface area contributed by atoms with Gasteiger partial charge in [0.05, 0.1) is 0 Å². The summed E-state index contributed by atoms with van der Waals surface area (Å²) in [5.74, 6) is 0.786. The molecule has 7 rings (SSSR count). The molecular weight excluding hydrogens is 755 g/mol. The molecule has 0 nitrogen and oxygen atoms in total. The Labute approximate surface area is 340 Å². The Balaban J connectivity index is 0.000000456. The summed E-state index contributed by atoms with van der Waals surface area (Å²) in [5.41, 5.74) is 12.8. The van der Waals surface area contributed by atoms with E-state index in [4.69, 9.17) is 0 Å². The van der Waals surface area contributed by atoms with Crippen LogP contribution in [0.3, 0.4) is 0 Å². The van der Waals surface area contributed by atoms with Crippen molar-refractivity contribution >= 4 is 53.2 Å². The van der Waals surface area contributed by atoms with Crippen LogP contribution >= 0.6 is 24.8 Å². The number of fused-ring (bicyclic) bond motifs is 2. The van der Waals surface area contributed by atoms with Gasteiger partial charge in [0.2, 0.25) is 0 Å². The number of hydrogen-bond acceptors (Lipinski definition) is 0. The minimum absolute atomic E-state index is 0. The molecule has 6 aromatic rings. The average molecular weight is 813 g/mol. The van der Waals surface area contributed by atoms with Crippen LogP contribution in [-0.4, -0.2) is 6.88 Å². The van der Waals surface area contributed by atoms with Crippen molar-refractivity contribution in [2.24, 2.45) is 0 Å². The van der Waals surface area contributed by atoms with Crippen molar-refractivity contribution < 1.29 is 23.3 Å². The van der Waals surface area contributed by atoms with Crippen molar-refractivity contribution in [3.8, 4) is 22.3 Å². The number of hydrogen-bond donors (Lipinski definition) is 0. The summed E-state index contributed by atoms with van der Waals surface area (Å²) in [6.45, 7) is 21.0. The van der Waals surface area contributed by atoms with E-state index in [1.165, 1.54) is 115 Å². The Hall–Kier alpha value is -2.22. The third-order valence-electron chi connectivity index (χ3n) is 9.83. The second-order valence-electron chi connectivity index (χ2n) is 15.6. The van der Waals surface area contributed by atoms with Gasteiger partial charge in [-0.15, -0.1) is 87.8 Å². The number of aryl methyl sites for hydroxylation is 2. The van der Waals surface area contributed by atoms with Gasteiger partial charge in [-0.2, -0.15) is 12.1 Å². The van der Waals surface area contributed by atoms with Crippen LogP contribution in [0.1, 0.15) is 101 Å². The Morgan fingerprint density at radius 3 is 1.59 bits per heavy atom. The van der Waals surface area contributed by atoms with E-state index in [-0.39, 0.29) is 50.5 Å². The fourth-order valence-electron chi connectivity index (χ4n) is 7.16. The second kappa shape index (κ2) is 19.7. The maximum absolute atomic E-state index is 3.06. The first-order valence-electron chi connectivity index (χ1n) is 17.2. The van der Waals surface area contributed by atoms with Gasteiger partial charge < -0.3 is 14.9 Å². The monoisotopic (exact) mass is 810 g/mol. The van der Waals surface area contributed by atoms with Gasteiger partial charge in [-0.3, -0.25) is 0 Å². The molecule has 0 N–H and O–H groups in total. The minimum atomic E-state index is 0. The molecule has 2 radical (unpaired) electrons. The Kier molecular flexibility index (Phi) is 18.1. The molecule has 0 spiro atoms. The van der Waals surface area contributed by atoms with E-state index >= 15 is 0 Å². The zero-order valence-electron chi connectivity index (χ0n) is 32.5. The van der Waals surface area contributed by atoms with Gasteiger partial charge in [-0.25, -0.2) is 0 Å². The third-order valence-corrected chi connectivity index (χ3v) is 9.83. The molecule has 272 valence electrons. The van der Waals surface area contributed by atoms with Crippen molar-refractivity contribution in [3.63, 3.8) is 0 Å². The van der Waals surface area contributed by atoms with Crippen molar-refractivity contribution in [3.05, 3.63) is 146 Å². The Morgan fingerprint density at radius 2 is 1.08 bits per heavy atom. The van der Waals surface area contributed by atoms with E-state index in [2.05, 4.69) is 165 Å². The van der Waals surface area contributed by atoms with Crippen molar-refractivity contribution in [1.29, 1.82) is 0 Å². The van der Waals surface area contributed by atoms with Gasteiger partial charge in [0.25, 0.3) is 0 Å². The van der Waals surface area contributed by atoms with Crippen LogP contribution in [0.5, 0.6) is 0 Å². The zero-order chi connectivity index (χ0) is 33.9. The number of halogens is 2. The summed E-state index contributed by atoms with van der Waals surface area (Å²) in [4.78, 5) is 0. The summed E-state index contributed by atoms with van der Waals surface area (Å²) < 4.78 is 0. The average Bonchev–Trinajstić information content (AvgIpc) is 3.81. The molecule has 0 atom stereocenters. The molecule has 0 amide bonds. The normalized spacial score (nSPS) is 12.6.